The average molecular weight is 325 g/mol. The quantitative estimate of drug-likeness (QED) is 0.808. The summed E-state index contributed by atoms with van der Waals surface area (Å²) in [6, 6.07) is 6.14. The highest BCUT2D eigenvalue weighted by molar-refractivity contribution is 5.76. The van der Waals surface area contributed by atoms with Gasteiger partial charge in [-0.3, -0.25) is 9.78 Å². The molecule has 3 atom stereocenters. The van der Waals surface area contributed by atoms with Crippen LogP contribution in [0.2, 0.25) is 0 Å². The van der Waals surface area contributed by atoms with E-state index in [9.17, 15) is 4.79 Å². The second kappa shape index (κ2) is 8.63. The van der Waals surface area contributed by atoms with Gasteiger partial charge in [-0.1, -0.05) is 31.6 Å². The summed E-state index contributed by atoms with van der Waals surface area (Å²) < 4.78 is 0. The van der Waals surface area contributed by atoms with E-state index in [1.807, 2.05) is 12.1 Å². The standard InChI is InChI=1S/C20H27N3O/c1-14(2)19-10-18(15(3)9-17(19)6-7-21)11-20(24)23-13-16-5-4-8-22-12-16/h4-5,8-9,12,14,17-19H,6,10-11,13H2,1-3H3,(H,23,24). The van der Waals surface area contributed by atoms with Gasteiger partial charge in [0.25, 0.3) is 0 Å². The fourth-order valence-electron chi connectivity index (χ4n) is 3.61. The average Bonchev–Trinajstić information content (AvgIpc) is 2.56. The summed E-state index contributed by atoms with van der Waals surface area (Å²) in [5.74, 6) is 1.68. The Labute approximate surface area is 145 Å². The molecule has 0 aromatic carbocycles. The molecule has 0 saturated heterocycles. The summed E-state index contributed by atoms with van der Waals surface area (Å²) in [4.78, 5) is 16.4. The molecule has 1 N–H and O–H groups in total. The van der Waals surface area contributed by atoms with E-state index in [1.165, 1.54) is 5.57 Å². The Kier molecular flexibility index (Phi) is 6.54. The number of nitriles is 1. The van der Waals surface area contributed by atoms with Gasteiger partial charge in [-0.15, -0.1) is 0 Å². The van der Waals surface area contributed by atoms with Gasteiger partial charge in [0.2, 0.25) is 5.91 Å². The van der Waals surface area contributed by atoms with Crippen LogP contribution in [0.4, 0.5) is 0 Å². The molecule has 0 bridgehead atoms. The van der Waals surface area contributed by atoms with Gasteiger partial charge in [-0.2, -0.15) is 5.26 Å². The number of nitrogens with zero attached hydrogens (tertiary/aromatic N) is 2. The number of aromatic nitrogens is 1. The van der Waals surface area contributed by atoms with Crippen molar-refractivity contribution < 1.29 is 4.79 Å². The Balaban J connectivity index is 1.94. The zero-order valence-electron chi connectivity index (χ0n) is 14.8. The number of allylic oxidation sites excluding steroid dienone is 2. The number of carbonyl (C=O) groups is 1. The number of hydrogen-bond acceptors (Lipinski definition) is 3. The highest BCUT2D eigenvalue weighted by Gasteiger charge is 2.32. The van der Waals surface area contributed by atoms with Crippen molar-refractivity contribution in [1.29, 1.82) is 5.26 Å². The predicted molar refractivity (Wildman–Crippen MR) is 94.6 cm³/mol. The molecule has 1 heterocycles. The van der Waals surface area contributed by atoms with Crippen LogP contribution in [0.1, 0.15) is 45.6 Å². The molecule has 0 spiro atoms. The van der Waals surface area contributed by atoms with Gasteiger partial charge < -0.3 is 5.32 Å². The van der Waals surface area contributed by atoms with E-state index in [0.717, 1.165) is 12.0 Å². The third-order valence-electron chi connectivity index (χ3n) is 5.06. The molecular formula is C20H27N3O. The van der Waals surface area contributed by atoms with Crippen molar-refractivity contribution in [2.24, 2.45) is 23.7 Å². The molecule has 128 valence electrons. The lowest BCUT2D eigenvalue weighted by atomic mass is 9.69. The summed E-state index contributed by atoms with van der Waals surface area (Å²) in [5, 5.41) is 12.0. The number of amides is 1. The van der Waals surface area contributed by atoms with Gasteiger partial charge in [0, 0.05) is 31.8 Å². The van der Waals surface area contributed by atoms with E-state index in [2.05, 4.69) is 43.2 Å². The van der Waals surface area contributed by atoms with Crippen molar-refractivity contribution in [1.82, 2.24) is 10.3 Å². The molecule has 24 heavy (non-hydrogen) atoms. The van der Waals surface area contributed by atoms with Crippen LogP contribution in [-0.2, 0) is 11.3 Å². The minimum Gasteiger partial charge on any atom is -0.352 e. The predicted octanol–water partition coefficient (Wildman–Crippen LogP) is 3.86. The summed E-state index contributed by atoms with van der Waals surface area (Å²) in [5.41, 5.74) is 2.26. The normalized spacial score (nSPS) is 23.5. The highest BCUT2D eigenvalue weighted by atomic mass is 16.1. The first-order chi connectivity index (χ1) is 11.5. The van der Waals surface area contributed by atoms with Gasteiger partial charge in [0.15, 0.2) is 0 Å². The third-order valence-corrected chi connectivity index (χ3v) is 5.06. The fourth-order valence-corrected chi connectivity index (χ4v) is 3.61. The molecule has 1 aromatic heterocycles. The molecule has 0 aliphatic heterocycles. The first-order valence-electron chi connectivity index (χ1n) is 8.72. The maximum absolute atomic E-state index is 12.3. The van der Waals surface area contributed by atoms with E-state index < -0.39 is 0 Å². The molecule has 2 rings (SSSR count). The Hall–Kier alpha value is -2.15. The zero-order chi connectivity index (χ0) is 17.5. The molecule has 4 heteroatoms. The van der Waals surface area contributed by atoms with Crippen molar-refractivity contribution in [3.63, 3.8) is 0 Å². The van der Waals surface area contributed by atoms with Crippen molar-refractivity contribution in [2.45, 2.75) is 46.6 Å². The van der Waals surface area contributed by atoms with Crippen LogP contribution >= 0.6 is 0 Å². The van der Waals surface area contributed by atoms with Crippen LogP contribution in [0.25, 0.3) is 0 Å². The van der Waals surface area contributed by atoms with Crippen molar-refractivity contribution in [3.8, 4) is 6.07 Å². The van der Waals surface area contributed by atoms with Gasteiger partial charge >= 0.3 is 0 Å². The Bertz CT molecular complexity index is 616. The lowest BCUT2D eigenvalue weighted by Crippen LogP contribution is -2.31. The van der Waals surface area contributed by atoms with Gasteiger partial charge in [-0.05, 0) is 48.6 Å². The van der Waals surface area contributed by atoms with Gasteiger partial charge in [0.1, 0.15) is 0 Å². The summed E-state index contributed by atoms with van der Waals surface area (Å²) in [6.45, 7) is 7.04. The van der Waals surface area contributed by atoms with Crippen molar-refractivity contribution in [3.05, 3.63) is 41.7 Å². The molecule has 0 fully saturated rings. The minimum atomic E-state index is 0.0813. The van der Waals surface area contributed by atoms with Gasteiger partial charge in [-0.25, -0.2) is 0 Å². The smallest absolute Gasteiger partial charge is 0.220 e. The second-order valence-corrected chi connectivity index (χ2v) is 7.12. The summed E-state index contributed by atoms with van der Waals surface area (Å²) >= 11 is 0. The van der Waals surface area contributed by atoms with E-state index in [1.54, 1.807) is 12.4 Å². The zero-order valence-corrected chi connectivity index (χ0v) is 14.8. The molecule has 0 saturated carbocycles. The third kappa shape index (κ3) is 4.92. The van der Waals surface area contributed by atoms with Crippen LogP contribution < -0.4 is 5.32 Å². The second-order valence-electron chi connectivity index (χ2n) is 7.12. The lowest BCUT2D eigenvalue weighted by Gasteiger charge is -2.36. The maximum Gasteiger partial charge on any atom is 0.220 e. The lowest BCUT2D eigenvalue weighted by molar-refractivity contribution is -0.122. The Morgan fingerprint density at radius 2 is 2.29 bits per heavy atom. The molecule has 1 aliphatic rings. The highest BCUT2D eigenvalue weighted by Crippen LogP contribution is 2.40. The largest absolute Gasteiger partial charge is 0.352 e. The number of rotatable bonds is 6. The number of hydrogen-bond donors (Lipinski definition) is 1. The number of carbonyl (C=O) groups excluding carboxylic acids is 1. The van der Waals surface area contributed by atoms with Crippen molar-refractivity contribution in [2.75, 3.05) is 0 Å². The molecular weight excluding hydrogens is 298 g/mol. The van der Waals surface area contributed by atoms with Crippen LogP contribution in [0.3, 0.4) is 0 Å². The maximum atomic E-state index is 12.3. The summed E-state index contributed by atoms with van der Waals surface area (Å²) in [6.07, 6.45) is 7.81. The monoisotopic (exact) mass is 325 g/mol. The molecule has 4 nitrogen and oxygen atoms in total. The van der Waals surface area contributed by atoms with Crippen molar-refractivity contribution >= 4 is 5.91 Å². The van der Waals surface area contributed by atoms with E-state index >= 15 is 0 Å². The number of nitrogens with one attached hydrogen (secondary N) is 1. The van der Waals surface area contributed by atoms with Crippen LogP contribution in [0.5, 0.6) is 0 Å². The van der Waals surface area contributed by atoms with E-state index in [0.29, 0.717) is 37.1 Å². The molecule has 1 aromatic rings. The van der Waals surface area contributed by atoms with Crippen LogP contribution in [-0.4, -0.2) is 10.9 Å². The van der Waals surface area contributed by atoms with Crippen LogP contribution in [0.15, 0.2) is 36.2 Å². The van der Waals surface area contributed by atoms with E-state index in [4.69, 9.17) is 5.26 Å². The Morgan fingerprint density at radius 1 is 1.50 bits per heavy atom. The first kappa shape index (κ1) is 18.2. The molecule has 0 radical (unpaired) electrons. The van der Waals surface area contributed by atoms with Crippen LogP contribution in [0, 0.1) is 35.0 Å². The number of pyridine rings is 1. The summed E-state index contributed by atoms with van der Waals surface area (Å²) in [7, 11) is 0. The topological polar surface area (TPSA) is 65.8 Å². The van der Waals surface area contributed by atoms with E-state index in [-0.39, 0.29) is 11.8 Å². The minimum absolute atomic E-state index is 0.0813. The first-order valence-corrected chi connectivity index (χ1v) is 8.72. The van der Waals surface area contributed by atoms with Gasteiger partial charge in [0.05, 0.1) is 6.07 Å². The fraction of sp³-hybridized carbons (Fsp3) is 0.550. The molecule has 1 amide bonds. The molecule has 3 unspecified atom stereocenters. The molecule has 1 aliphatic carbocycles. The Morgan fingerprint density at radius 3 is 2.92 bits per heavy atom. The SMILES string of the molecule is CC1=CC(CC#N)C(C(C)C)CC1CC(=O)NCc1cccnc1.